The van der Waals surface area contributed by atoms with E-state index in [4.69, 9.17) is 4.74 Å². The molecule has 3 aromatic heterocycles. The molecule has 0 aliphatic carbocycles. The van der Waals surface area contributed by atoms with E-state index in [9.17, 15) is 8.78 Å². The number of H-pyrrole nitrogens is 1. The Labute approximate surface area is 149 Å². The molecule has 3 aromatic rings. The zero-order chi connectivity index (χ0) is 18.5. The Morgan fingerprint density at radius 2 is 2.12 bits per heavy atom. The van der Waals surface area contributed by atoms with Crippen LogP contribution in [0.1, 0.15) is 6.92 Å². The predicted octanol–water partition coefficient (Wildman–Crippen LogP) is 3.09. The van der Waals surface area contributed by atoms with Gasteiger partial charge in [0.1, 0.15) is 11.5 Å². The molecule has 3 heterocycles. The van der Waals surface area contributed by atoms with Crippen LogP contribution in [-0.4, -0.2) is 53.6 Å². The fourth-order valence-electron chi connectivity index (χ4n) is 2.51. The fraction of sp³-hybridized carbons (Fsp3) is 0.353. The van der Waals surface area contributed by atoms with E-state index in [1.165, 1.54) is 12.3 Å². The molecule has 26 heavy (non-hydrogen) atoms. The number of aromatic nitrogens is 4. The molecule has 0 bridgehead atoms. The molecule has 0 radical (unpaired) electrons. The quantitative estimate of drug-likeness (QED) is 0.620. The Balaban J connectivity index is 1.90. The highest BCUT2D eigenvalue weighted by molar-refractivity contribution is 5.93. The predicted molar refractivity (Wildman–Crippen MR) is 93.5 cm³/mol. The second kappa shape index (κ2) is 8.05. The van der Waals surface area contributed by atoms with Crippen molar-refractivity contribution in [2.75, 3.05) is 31.7 Å². The highest BCUT2D eigenvalue weighted by atomic mass is 19.3. The lowest BCUT2D eigenvalue weighted by molar-refractivity contribution is -0.0527. The normalized spacial score (nSPS) is 11.3. The molecular weight excluding hydrogens is 344 g/mol. The van der Waals surface area contributed by atoms with Crippen molar-refractivity contribution in [1.29, 1.82) is 0 Å². The average molecular weight is 363 g/mol. The number of halogens is 2. The van der Waals surface area contributed by atoms with Gasteiger partial charge in [0.25, 0.3) is 0 Å². The van der Waals surface area contributed by atoms with Crippen LogP contribution in [0.25, 0.3) is 22.2 Å². The minimum atomic E-state index is -2.93. The number of likely N-dealkylation sites (N-methyl/N-ethyl adjacent to an activating group) is 1. The van der Waals surface area contributed by atoms with Crippen molar-refractivity contribution in [3.63, 3.8) is 0 Å². The number of rotatable bonds is 8. The molecule has 9 heteroatoms. The van der Waals surface area contributed by atoms with Crippen molar-refractivity contribution < 1.29 is 18.3 Å². The number of alkyl halides is 2. The third-order valence-electron chi connectivity index (χ3n) is 3.82. The Morgan fingerprint density at radius 3 is 2.88 bits per heavy atom. The third kappa shape index (κ3) is 4.05. The summed E-state index contributed by atoms with van der Waals surface area (Å²) in [7, 11) is 1.92. The third-order valence-corrected chi connectivity index (χ3v) is 3.82. The van der Waals surface area contributed by atoms with Crippen molar-refractivity contribution in [1.82, 2.24) is 20.2 Å². The van der Waals surface area contributed by atoms with Gasteiger partial charge in [-0.1, -0.05) is 0 Å². The molecular formula is C17H19F2N5O2. The lowest BCUT2D eigenvalue weighted by Gasteiger charge is -2.18. The lowest BCUT2D eigenvalue weighted by Crippen LogP contribution is -2.23. The summed E-state index contributed by atoms with van der Waals surface area (Å²) >= 11 is 0. The van der Waals surface area contributed by atoms with Gasteiger partial charge in [-0.25, -0.2) is 9.97 Å². The van der Waals surface area contributed by atoms with Crippen LogP contribution in [-0.2, 0) is 4.74 Å². The first-order valence-electron chi connectivity index (χ1n) is 8.12. The molecule has 0 aromatic carbocycles. The number of nitrogens with zero attached hydrogens (tertiary/aromatic N) is 4. The topological polar surface area (TPSA) is 76.2 Å². The molecule has 0 unspecified atom stereocenters. The number of nitrogens with one attached hydrogen (secondary N) is 1. The summed E-state index contributed by atoms with van der Waals surface area (Å²) in [4.78, 5) is 10.2. The number of ether oxygens (including phenoxy) is 2. The fourth-order valence-corrected chi connectivity index (χ4v) is 2.51. The zero-order valence-electron chi connectivity index (χ0n) is 14.4. The highest BCUT2D eigenvalue weighted by Gasteiger charge is 2.14. The lowest BCUT2D eigenvalue weighted by atomic mass is 10.1. The summed E-state index contributed by atoms with van der Waals surface area (Å²) in [6.07, 6.45) is 3.10. The van der Waals surface area contributed by atoms with Gasteiger partial charge < -0.3 is 14.4 Å². The Morgan fingerprint density at radius 1 is 1.27 bits per heavy atom. The van der Waals surface area contributed by atoms with Crippen LogP contribution in [0.3, 0.4) is 0 Å². The molecule has 7 nitrogen and oxygen atoms in total. The van der Waals surface area contributed by atoms with E-state index in [1.807, 2.05) is 31.0 Å². The molecule has 0 aliphatic heterocycles. The minimum Gasteiger partial charge on any atom is -0.417 e. The first kappa shape index (κ1) is 18.0. The van der Waals surface area contributed by atoms with Gasteiger partial charge in [0.2, 0.25) is 5.88 Å². The number of aromatic amines is 1. The van der Waals surface area contributed by atoms with Crippen LogP contribution in [0.5, 0.6) is 5.88 Å². The highest BCUT2D eigenvalue weighted by Crippen LogP contribution is 2.29. The van der Waals surface area contributed by atoms with E-state index in [-0.39, 0.29) is 5.88 Å². The van der Waals surface area contributed by atoms with E-state index in [1.54, 1.807) is 6.20 Å². The monoisotopic (exact) mass is 363 g/mol. The molecule has 0 spiro atoms. The summed E-state index contributed by atoms with van der Waals surface area (Å²) in [5.74, 6) is 0.606. The Bertz CT molecular complexity index is 871. The van der Waals surface area contributed by atoms with Crippen molar-refractivity contribution >= 4 is 16.7 Å². The van der Waals surface area contributed by atoms with Crippen molar-refractivity contribution in [2.24, 2.45) is 0 Å². The van der Waals surface area contributed by atoms with E-state index < -0.39 is 6.61 Å². The molecule has 1 N–H and O–H groups in total. The summed E-state index contributed by atoms with van der Waals surface area (Å²) in [5.41, 5.74) is 2.05. The largest absolute Gasteiger partial charge is 0.417 e. The van der Waals surface area contributed by atoms with Gasteiger partial charge in [-0.15, -0.1) is 0 Å². The summed E-state index contributed by atoms with van der Waals surface area (Å²) in [6.45, 7) is 0.980. The average Bonchev–Trinajstić information content (AvgIpc) is 3.04. The molecule has 0 aliphatic rings. The van der Waals surface area contributed by atoms with E-state index >= 15 is 0 Å². The van der Waals surface area contributed by atoms with Gasteiger partial charge in [-0.2, -0.15) is 13.9 Å². The number of anilines is 1. The molecule has 0 atom stereocenters. The van der Waals surface area contributed by atoms with Crippen molar-refractivity contribution in [2.45, 2.75) is 13.5 Å². The first-order valence-corrected chi connectivity index (χ1v) is 8.12. The number of fused-ring (bicyclic) bond motifs is 1. The minimum absolute atomic E-state index is 0.154. The van der Waals surface area contributed by atoms with Crippen molar-refractivity contribution in [3.05, 3.63) is 30.6 Å². The van der Waals surface area contributed by atoms with Gasteiger partial charge in [-0.05, 0) is 19.1 Å². The van der Waals surface area contributed by atoms with Crippen LogP contribution in [0.4, 0.5) is 14.6 Å². The van der Waals surface area contributed by atoms with Gasteiger partial charge in [0.05, 0.1) is 18.3 Å². The molecule has 138 valence electrons. The van der Waals surface area contributed by atoms with E-state index in [0.717, 1.165) is 11.4 Å². The second-order valence-electron chi connectivity index (χ2n) is 5.54. The Kier molecular flexibility index (Phi) is 5.57. The zero-order valence-corrected chi connectivity index (χ0v) is 14.4. The van der Waals surface area contributed by atoms with Gasteiger partial charge in [-0.3, -0.25) is 5.10 Å². The standard InChI is InChI=1S/C17H19F2N5O2/c1-3-25-7-6-24(2)14-8-11(4-5-20-14)16-12-9-15(26-17(18)19)21-10-13(12)22-23-16/h4-5,8-10,17H,3,6-7H2,1-2H3,(H,22,23). The molecule has 0 fully saturated rings. The van der Waals surface area contributed by atoms with Crippen LogP contribution >= 0.6 is 0 Å². The summed E-state index contributed by atoms with van der Waals surface area (Å²) < 4.78 is 34.6. The molecule has 0 saturated heterocycles. The number of hydrogen-bond acceptors (Lipinski definition) is 6. The van der Waals surface area contributed by atoms with Gasteiger partial charge >= 0.3 is 6.61 Å². The first-order chi connectivity index (χ1) is 12.6. The maximum Gasteiger partial charge on any atom is 0.388 e. The van der Waals surface area contributed by atoms with Gasteiger partial charge in [0.15, 0.2) is 0 Å². The summed E-state index contributed by atoms with van der Waals surface area (Å²) in [5, 5.41) is 7.77. The number of hydrogen-bond donors (Lipinski definition) is 1. The van der Waals surface area contributed by atoms with E-state index in [2.05, 4.69) is 24.9 Å². The Hall–Kier alpha value is -2.81. The SMILES string of the molecule is CCOCCN(C)c1cc(-c2n[nH]c3cnc(OC(F)F)cc23)ccn1. The maximum absolute atomic E-state index is 12.4. The maximum atomic E-state index is 12.4. The van der Waals surface area contributed by atoms with Crippen LogP contribution in [0.2, 0.25) is 0 Å². The smallest absolute Gasteiger partial charge is 0.388 e. The van der Waals surface area contributed by atoms with Crippen LogP contribution < -0.4 is 9.64 Å². The van der Waals surface area contributed by atoms with Crippen LogP contribution in [0.15, 0.2) is 30.6 Å². The molecule has 3 rings (SSSR count). The second-order valence-corrected chi connectivity index (χ2v) is 5.54. The number of pyridine rings is 2. The molecule has 0 amide bonds. The van der Waals surface area contributed by atoms with Gasteiger partial charge in [0, 0.05) is 43.4 Å². The van der Waals surface area contributed by atoms with Crippen LogP contribution in [0, 0.1) is 0 Å². The summed E-state index contributed by atoms with van der Waals surface area (Å²) in [6, 6.07) is 5.14. The van der Waals surface area contributed by atoms with E-state index in [0.29, 0.717) is 36.4 Å². The molecule has 0 saturated carbocycles. The van der Waals surface area contributed by atoms with Crippen molar-refractivity contribution in [3.8, 4) is 17.1 Å².